The summed E-state index contributed by atoms with van der Waals surface area (Å²) in [7, 11) is 4.69. The molecule has 2 rings (SSSR count). The topological polar surface area (TPSA) is 68.2 Å². The van der Waals surface area contributed by atoms with Crippen molar-refractivity contribution in [2.24, 2.45) is 0 Å². The minimum atomic E-state index is -0.201. The summed E-state index contributed by atoms with van der Waals surface area (Å²) < 4.78 is 28.6. The number of hydrogen-bond acceptors (Lipinski definition) is 8. The number of carbonyl (C=O) groups excluding carboxylic acids is 1. The van der Waals surface area contributed by atoms with E-state index in [2.05, 4.69) is 0 Å². The maximum Gasteiger partial charge on any atom is 0.256 e. The lowest BCUT2D eigenvalue weighted by Crippen LogP contribution is -2.09. The van der Waals surface area contributed by atoms with Gasteiger partial charge in [0.05, 0.1) is 27.4 Å². The number of methoxy groups -OCH3 is 3. The van der Waals surface area contributed by atoms with Crippen molar-refractivity contribution in [3.05, 3.63) is 51.5 Å². The Labute approximate surface area is 178 Å². The minimum Gasteiger partial charge on any atom is -0.493 e. The molecule has 0 amide bonds. The number of rotatable bonds is 11. The molecule has 0 aliphatic heterocycles. The fourth-order valence-corrected chi connectivity index (χ4v) is 3.14. The Balaban J connectivity index is 2.07. The van der Waals surface area contributed by atoms with Gasteiger partial charge >= 0.3 is 0 Å². The quantitative estimate of drug-likeness (QED) is 0.172. The summed E-state index contributed by atoms with van der Waals surface area (Å²) in [6.07, 6.45) is 8.31. The zero-order valence-corrected chi connectivity index (χ0v) is 18.1. The Morgan fingerprint density at radius 1 is 1.14 bits per heavy atom. The number of hydrogen-bond donors (Lipinski definition) is 0. The molecule has 2 aromatic rings. The lowest BCUT2D eigenvalue weighted by molar-refractivity contribution is -0.0105. The first kappa shape index (κ1) is 22.8. The van der Waals surface area contributed by atoms with Gasteiger partial charge in [0.1, 0.15) is 0 Å². The summed E-state index contributed by atoms with van der Waals surface area (Å²) in [5.74, 6) is 1.25. The van der Waals surface area contributed by atoms with Crippen molar-refractivity contribution in [3.63, 3.8) is 0 Å². The number of nitrogens with zero attached hydrogens (tertiary/aromatic N) is 1. The highest BCUT2D eigenvalue weighted by molar-refractivity contribution is 7.73. The maximum atomic E-state index is 12.1. The van der Waals surface area contributed by atoms with Crippen molar-refractivity contribution in [3.8, 4) is 17.2 Å². The number of carbonyl (C=O) groups is 1. The molecule has 29 heavy (non-hydrogen) atoms. The van der Waals surface area contributed by atoms with Crippen LogP contribution in [0.4, 0.5) is 0 Å². The van der Waals surface area contributed by atoms with Gasteiger partial charge in [-0.05, 0) is 29.9 Å². The van der Waals surface area contributed by atoms with Gasteiger partial charge in [0.2, 0.25) is 5.75 Å². The van der Waals surface area contributed by atoms with Crippen LogP contribution < -0.4 is 14.2 Å². The van der Waals surface area contributed by atoms with E-state index in [1.165, 1.54) is 22.0 Å². The van der Waals surface area contributed by atoms with Gasteiger partial charge in [0.25, 0.3) is 5.91 Å². The van der Waals surface area contributed by atoms with E-state index < -0.39 is 0 Å². The molecule has 7 nitrogen and oxygen atoms in total. The van der Waals surface area contributed by atoms with Gasteiger partial charge in [-0.15, -0.1) is 11.3 Å². The summed E-state index contributed by atoms with van der Waals surface area (Å²) in [6.45, 7) is 0.945. The molecule has 0 N–H and O–H groups in total. The second-order valence-corrected chi connectivity index (χ2v) is 7.05. The molecule has 0 atom stereocenters. The largest absolute Gasteiger partial charge is 0.493 e. The lowest BCUT2D eigenvalue weighted by atomic mass is 10.1. The second-order valence-electron chi connectivity index (χ2n) is 5.51. The Morgan fingerprint density at radius 2 is 1.86 bits per heavy atom. The molecule has 0 unspecified atom stereocenters. The first-order valence-electron chi connectivity index (χ1n) is 8.61. The van der Waals surface area contributed by atoms with E-state index in [1.54, 1.807) is 57.2 Å². The van der Waals surface area contributed by atoms with Crippen LogP contribution in [0.5, 0.6) is 17.2 Å². The van der Waals surface area contributed by atoms with E-state index in [9.17, 15) is 4.79 Å². The Hall–Kier alpha value is -2.46. The Bertz CT molecular complexity index is 891. The van der Waals surface area contributed by atoms with Crippen LogP contribution in [0.25, 0.3) is 6.08 Å². The molecule has 0 saturated heterocycles. The molecule has 0 aliphatic carbocycles. The predicted octanol–water partition coefficient (Wildman–Crippen LogP) is 4.21. The average molecular weight is 438 g/mol. The summed E-state index contributed by atoms with van der Waals surface area (Å²) in [5, 5.41) is 1.77. The number of allylic oxidation sites excluding steroid dienone is 3. The molecule has 0 fully saturated rings. The average Bonchev–Trinajstić information content (AvgIpc) is 3.16. The molecule has 0 spiro atoms. The normalized spacial score (nSPS) is 11.3. The zero-order chi connectivity index (χ0) is 21.1. The van der Waals surface area contributed by atoms with Gasteiger partial charge in [-0.2, -0.15) is 0 Å². The van der Waals surface area contributed by atoms with Crippen molar-refractivity contribution in [2.45, 2.75) is 0 Å². The van der Waals surface area contributed by atoms with Crippen molar-refractivity contribution in [1.82, 2.24) is 4.57 Å². The lowest BCUT2D eigenvalue weighted by Gasteiger charge is -2.15. The van der Waals surface area contributed by atoms with Crippen LogP contribution in [0.15, 0.2) is 41.9 Å². The first-order valence-corrected chi connectivity index (χ1v) is 9.90. The molecule has 0 saturated carbocycles. The van der Waals surface area contributed by atoms with Crippen LogP contribution in [0.1, 0.15) is 10.4 Å². The van der Waals surface area contributed by atoms with Gasteiger partial charge in [0.15, 0.2) is 22.2 Å². The molecule has 0 bridgehead atoms. The summed E-state index contributed by atoms with van der Waals surface area (Å²) in [5.41, 5.74) is 0.815. The fraction of sp³-hybridized carbons (Fsp3) is 0.300. The van der Waals surface area contributed by atoms with Crippen LogP contribution in [-0.2, 0) is 9.47 Å². The molecule has 1 aromatic heterocycles. The van der Waals surface area contributed by atoms with Crippen molar-refractivity contribution >= 4 is 35.5 Å². The van der Waals surface area contributed by atoms with Crippen LogP contribution in [-0.4, -0.2) is 51.8 Å². The SMILES string of the molecule is COCCOCOc1c(OC)cc(C=CC=CC(=O)n2ccsc2=S)cc1OC. The molecule has 156 valence electrons. The molecular weight excluding hydrogens is 414 g/mol. The number of ether oxygens (including phenoxy) is 5. The third kappa shape index (κ3) is 6.82. The molecular formula is C20H23NO6S2. The van der Waals surface area contributed by atoms with E-state index in [-0.39, 0.29) is 12.7 Å². The van der Waals surface area contributed by atoms with Gasteiger partial charge in [0, 0.05) is 24.8 Å². The third-order valence-corrected chi connectivity index (χ3v) is 4.79. The molecule has 1 aromatic carbocycles. The van der Waals surface area contributed by atoms with E-state index in [0.717, 1.165) is 5.56 Å². The number of aromatic nitrogens is 1. The molecule has 9 heteroatoms. The van der Waals surface area contributed by atoms with Gasteiger partial charge in [-0.3, -0.25) is 9.36 Å². The van der Waals surface area contributed by atoms with Crippen LogP contribution in [0.3, 0.4) is 0 Å². The molecule has 0 aliphatic rings. The Kier molecular flexibility index (Phi) is 9.58. The van der Waals surface area contributed by atoms with E-state index in [0.29, 0.717) is 34.4 Å². The third-order valence-electron chi connectivity index (χ3n) is 3.65. The van der Waals surface area contributed by atoms with E-state index in [1.807, 2.05) is 6.08 Å². The van der Waals surface area contributed by atoms with Crippen LogP contribution in [0, 0.1) is 3.95 Å². The van der Waals surface area contributed by atoms with Crippen LogP contribution >= 0.6 is 23.6 Å². The van der Waals surface area contributed by atoms with Gasteiger partial charge < -0.3 is 23.7 Å². The highest BCUT2D eigenvalue weighted by Gasteiger charge is 2.13. The molecule has 1 heterocycles. The summed E-state index contributed by atoms with van der Waals surface area (Å²) in [6, 6.07) is 3.60. The highest BCUT2D eigenvalue weighted by Crippen LogP contribution is 2.38. The summed E-state index contributed by atoms with van der Waals surface area (Å²) >= 11 is 6.43. The fourth-order valence-electron chi connectivity index (χ4n) is 2.26. The monoisotopic (exact) mass is 437 g/mol. The molecule has 0 radical (unpaired) electrons. The van der Waals surface area contributed by atoms with Crippen molar-refractivity contribution < 1.29 is 28.5 Å². The van der Waals surface area contributed by atoms with E-state index >= 15 is 0 Å². The highest BCUT2D eigenvalue weighted by atomic mass is 32.1. The van der Waals surface area contributed by atoms with Gasteiger partial charge in [-0.1, -0.05) is 18.2 Å². The first-order chi connectivity index (χ1) is 14.1. The van der Waals surface area contributed by atoms with E-state index in [4.69, 9.17) is 35.9 Å². The maximum absolute atomic E-state index is 12.1. The predicted molar refractivity (Wildman–Crippen MR) is 115 cm³/mol. The minimum absolute atomic E-state index is 0.0429. The Morgan fingerprint density at radius 3 is 2.45 bits per heavy atom. The zero-order valence-electron chi connectivity index (χ0n) is 16.5. The number of benzene rings is 1. The standard InChI is InChI=1S/C20H23NO6S2/c1-23-9-10-26-14-27-19-16(24-2)12-15(13-17(19)25-3)6-4-5-7-18(22)21-8-11-29-20(21)28/h4-8,11-13H,9-10,14H2,1-3H3. The van der Waals surface area contributed by atoms with Crippen molar-refractivity contribution in [1.29, 1.82) is 0 Å². The second kappa shape index (κ2) is 12.2. The summed E-state index contributed by atoms with van der Waals surface area (Å²) in [4.78, 5) is 12.1. The van der Waals surface area contributed by atoms with Crippen molar-refractivity contribution in [2.75, 3.05) is 41.3 Å². The smallest absolute Gasteiger partial charge is 0.256 e. The van der Waals surface area contributed by atoms with Gasteiger partial charge in [-0.25, -0.2) is 0 Å². The van der Waals surface area contributed by atoms with Crippen LogP contribution in [0.2, 0.25) is 0 Å². The number of thiazole rings is 1.